The molecule has 1 aliphatic carbocycles. The number of hydrogen-bond donors (Lipinski definition) is 2. The lowest BCUT2D eigenvalue weighted by Crippen LogP contribution is -2.54. The van der Waals surface area contributed by atoms with Crippen molar-refractivity contribution in [2.24, 2.45) is 11.3 Å². The van der Waals surface area contributed by atoms with Gasteiger partial charge in [0.1, 0.15) is 0 Å². The monoisotopic (exact) mass is 389 g/mol. The number of nitrogens with zero attached hydrogens (tertiary/aromatic N) is 1. The zero-order valence-corrected chi connectivity index (χ0v) is 16.9. The van der Waals surface area contributed by atoms with Gasteiger partial charge in [0.2, 0.25) is 10.0 Å². The fourth-order valence-electron chi connectivity index (χ4n) is 4.13. The van der Waals surface area contributed by atoms with Crippen LogP contribution in [-0.2, 0) is 19.6 Å². The van der Waals surface area contributed by atoms with Crippen molar-refractivity contribution in [1.82, 2.24) is 4.31 Å². The molecular weight excluding hydrogens is 358 g/mol. The van der Waals surface area contributed by atoms with Gasteiger partial charge in [-0.15, -0.1) is 0 Å². The van der Waals surface area contributed by atoms with Crippen molar-refractivity contribution in [3.8, 4) is 0 Å². The van der Waals surface area contributed by atoms with E-state index in [0.717, 1.165) is 0 Å². The fourth-order valence-corrected chi connectivity index (χ4v) is 5.91. The normalized spacial score (nSPS) is 33.2. The first-order valence-electron chi connectivity index (χ1n) is 9.09. The minimum atomic E-state index is -3.69. The number of rotatable bonds is 5. The number of sulfonamides is 1. The van der Waals surface area contributed by atoms with Gasteiger partial charge in [-0.2, -0.15) is 0 Å². The molecule has 0 aromatic heterocycles. The number of ether oxygens (including phenoxy) is 1. The number of hydrogen-bond acceptors (Lipinski definition) is 6. The topological polar surface area (TPSA) is 104 Å². The van der Waals surface area contributed by atoms with Gasteiger partial charge in [0.05, 0.1) is 30.0 Å². The summed E-state index contributed by atoms with van der Waals surface area (Å²) < 4.78 is 31.7. The van der Waals surface area contributed by atoms with Crippen LogP contribution in [0.15, 0.2) is 12.2 Å². The Labute approximate surface area is 156 Å². The smallest absolute Gasteiger partial charge is 0.308 e. The Morgan fingerprint density at radius 3 is 2.27 bits per heavy atom. The molecule has 150 valence electrons. The van der Waals surface area contributed by atoms with Crippen LogP contribution in [-0.4, -0.2) is 66.1 Å². The standard InChI is InChI=1S/C18H31NO6S/c1-5-18(22)9-8-17(21,12-16(18,2)3)13-26(23,24)19-10-6-14(7-11-19)15(20)25-4/h8-9,14,21-22H,5-7,10-13H2,1-4H3. The molecule has 2 unspecified atom stereocenters. The second kappa shape index (κ2) is 7.22. The predicted molar refractivity (Wildman–Crippen MR) is 97.8 cm³/mol. The molecule has 1 aliphatic heterocycles. The van der Waals surface area contributed by atoms with Gasteiger partial charge in [0, 0.05) is 18.5 Å². The summed E-state index contributed by atoms with van der Waals surface area (Å²) in [5.74, 6) is -1.01. The minimum Gasteiger partial charge on any atom is -0.469 e. The maximum absolute atomic E-state index is 12.8. The largest absolute Gasteiger partial charge is 0.469 e. The highest BCUT2D eigenvalue weighted by Gasteiger charge is 2.50. The van der Waals surface area contributed by atoms with Crippen LogP contribution in [0.4, 0.5) is 0 Å². The van der Waals surface area contributed by atoms with Crippen molar-refractivity contribution in [3.63, 3.8) is 0 Å². The van der Waals surface area contributed by atoms with Gasteiger partial charge in [0.15, 0.2) is 0 Å². The van der Waals surface area contributed by atoms with Gasteiger partial charge in [-0.1, -0.05) is 32.9 Å². The Morgan fingerprint density at radius 2 is 1.81 bits per heavy atom. The molecule has 1 heterocycles. The Balaban J connectivity index is 2.10. The second-order valence-electron chi connectivity index (χ2n) is 8.23. The van der Waals surface area contributed by atoms with Crippen molar-refractivity contribution >= 4 is 16.0 Å². The summed E-state index contributed by atoms with van der Waals surface area (Å²) in [6.45, 7) is 6.01. The van der Waals surface area contributed by atoms with E-state index in [1.807, 2.05) is 20.8 Å². The molecule has 0 bridgehead atoms. The molecule has 0 spiro atoms. The number of methoxy groups -OCH3 is 1. The molecule has 8 heteroatoms. The number of carbonyl (C=O) groups excluding carboxylic acids is 1. The van der Waals surface area contributed by atoms with Gasteiger partial charge < -0.3 is 14.9 Å². The van der Waals surface area contributed by atoms with E-state index in [2.05, 4.69) is 0 Å². The molecule has 0 aromatic carbocycles. The van der Waals surface area contributed by atoms with Gasteiger partial charge in [0.25, 0.3) is 0 Å². The molecule has 7 nitrogen and oxygen atoms in total. The van der Waals surface area contributed by atoms with Crippen LogP contribution in [0.3, 0.4) is 0 Å². The van der Waals surface area contributed by atoms with E-state index in [9.17, 15) is 23.4 Å². The van der Waals surface area contributed by atoms with Crippen LogP contribution < -0.4 is 0 Å². The van der Waals surface area contributed by atoms with E-state index < -0.39 is 32.4 Å². The number of aliphatic hydroxyl groups is 2. The first-order chi connectivity index (χ1) is 11.9. The number of piperidine rings is 1. The van der Waals surface area contributed by atoms with Crippen LogP contribution in [0, 0.1) is 11.3 Å². The first kappa shape index (κ1) is 21.3. The third kappa shape index (κ3) is 4.13. The van der Waals surface area contributed by atoms with Crippen LogP contribution in [0.5, 0.6) is 0 Å². The summed E-state index contributed by atoms with van der Waals surface area (Å²) in [5, 5.41) is 21.6. The molecule has 0 saturated carbocycles. The highest BCUT2D eigenvalue weighted by Crippen LogP contribution is 2.46. The molecule has 1 fully saturated rings. The molecular formula is C18H31NO6S. The lowest BCUT2D eigenvalue weighted by atomic mass is 9.63. The minimum absolute atomic E-state index is 0.151. The Morgan fingerprint density at radius 1 is 1.23 bits per heavy atom. The van der Waals surface area contributed by atoms with Crippen molar-refractivity contribution in [3.05, 3.63) is 12.2 Å². The fraction of sp³-hybridized carbons (Fsp3) is 0.833. The Bertz CT molecular complexity index is 665. The van der Waals surface area contributed by atoms with Gasteiger partial charge in [-0.3, -0.25) is 4.79 Å². The number of carbonyl (C=O) groups is 1. The van der Waals surface area contributed by atoms with Crippen molar-refractivity contribution in [2.45, 2.75) is 57.7 Å². The van der Waals surface area contributed by atoms with Gasteiger partial charge >= 0.3 is 5.97 Å². The quantitative estimate of drug-likeness (QED) is 0.538. The maximum atomic E-state index is 12.8. The molecule has 1 saturated heterocycles. The van der Waals surface area contributed by atoms with Crippen molar-refractivity contribution in [2.75, 3.05) is 26.0 Å². The average molecular weight is 390 g/mol. The highest BCUT2D eigenvalue weighted by atomic mass is 32.2. The number of esters is 1. The summed E-state index contributed by atoms with van der Waals surface area (Å²) in [5.41, 5.74) is -3.25. The van der Waals surface area contributed by atoms with Gasteiger partial charge in [-0.05, 0) is 25.7 Å². The van der Waals surface area contributed by atoms with E-state index in [-0.39, 0.29) is 31.4 Å². The van der Waals surface area contributed by atoms with Crippen LogP contribution in [0.2, 0.25) is 0 Å². The lowest BCUT2D eigenvalue weighted by molar-refractivity contribution is -0.146. The summed E-state index contributed by atoms with van der Waals surface area (Å²) in [6.07, 6.45) is 4.44. The molecule has 2 N–H and O–H groups in total. The molecule has 0 amide bonds. The predicted octanol–water partition coefficient (Wildman–Crippen LogP) is 1.06. The molecule has 2 aliphatic rings. The molecule has 2 rings (SSSR count). The van der Waals surface area contributed by atoms with E-state index >= 15 is 0 Å². The molecule has 0 aromatic rings. The second-order valence-corrected chi connectivity index (χ2v) is 10.2. The Hall–Kier alpha value is -0.960. The Kier molecular flexibility index (Phi) is 5.93. The summed E-state index contributed by atoms with van der Waals surface area (Å²) in [7, 11) is -2.36. The van der Waals surface area contributed by atoms with Gasteiger partial charge in [-0.25, -0.2) is 12.7 Å². The van der Waals surface area contributed by atoms with Crippen LogP contribution in [0.1, 0.15) is 46.5 Å². The van der Waals surface area contributed by atoms with Crippen LogP contribution in [0.25, 0.3) is 0 Å². The molecule has 0 radical (unpaired) electrons. The van der Waals surface area contributed by atoms with E-state index in [4.69, 9.17) is 4.74 Å². The van der Waals surface area contributed by atoms with Crippen molar-refractivity contribution in [1.29, 1.82) is 0 Å². The zero-order valence-electron chi connectivity index (χ0n) is 16.1. The zero-order chi connectivity index (χ0) is 19.8. The van der Waals surface area contributed by atoms with E-state index in [0.29, 0.717) is 19.3 Å². The summed E-state index contributed by atoms with van der Waals surface area (Å²) >= 11 is 0. The third-order valence-electron chi connectivity index (χ3n) is 5.94. The van der Waals surface area contributed by atoms with E-state index in [1.54, 1.807) is 0 Å². The summed E-state index contributed by atoms with van der Waals surface area (Å²) in [4.78, 5) is 11.6. The third-order valence-corrected chi connectivity index (χ3v) is 7.96. The summed E-state index contributed by atoms with van der Waals surface area (Å²) in [6, 6.07) is 0. The highest BCUT2D eigenvalue weighted by molar-refractivity contribution is 7.89. The maximum Gasteiger partial charge on any atom is 0.308 e. The van der Waals surface area contributed by atoms with E-state index in [1.165, 1.54) is 23.6 Å². The van der Waals surface area contributed by atoms with Crippen LogP contribution >= 0.6 is 0 Å². The SMILES string of the molecule is CCC1(O)C=CC(O)(CS(=O)(=O)N2CCC(C(=O)OC)CC2)CC1(C)C. The lowest BCUT2D eigenvalue weighted by Gasteiger charge is -2.48. The molecule has 26 heavy (non-hydrogen) atoms. The first-order valence-corrected chi connectivity index (χ1v) is 10.7. The van der Waals surface area contributed by atoms with Crippen molar-refractivity contribution < 1.29 is 28.2 Å². The average Bonchev–Trinajstić information content (AvgIpc) is 2.57. The molecule has 2 atom stereocenters.